The van der Waals surface area contributed by atoms with Gasteiger partial charge in [-0.3, -0.25) is 4.79 Å². The maximum absolute atomic E-state index is 11.2. The Labute approximate surface area is 111 Å². The van der Waals surface area contributed by atoms with Gasteiger partial charge in [0.05, 0.1) is 12.5 Å². The third kappa shape index (κ3) is 3.15. The minimum Gasteiger partial charge on any atom is -0.493 e. The molecule has 0 saturated heterocycles. The van der Waals surface area contributed by atoms with E-state index in [2.05, 4.69) is 10.5 Å². The van der Waals surface area contributed by atoms with Crippen LogP contribution >= 0.6 is 0 Å². The fourth-order valence-electron chi connectivity index (χ4n) is 1.85. The molecule has 0 radical (unpaired) electrons. The van der Waals surface area contributed by atoms with Crippen LogP contribution in [0.3, 0.4) is 0 Å². The van der Waals surface area contributed by atoms with Crippen LogP contribution in [0.25, 0.3) is 0 Å². The summed E-state index contributed by atoms with van der Waals surface area (Å²) < 4.78 is 5.60. The molecular weight excluding hydrogens is 246 g/mol. The normalized spacial score (nSPS) is 16.5. The van der Waals surface area contributed by atoms with Gasteiger partial charge in [0.15, 0.2) is 0 Å². The average Bonchev–Trinajstić information content (AvgIpc) is 2.43. The van der Waals surface area contributed by atoms with E-state index in [1.165, 1.54) is 0 Å². The lowest BCUT2D eigenvalue weighted by Crippen LogP contribution is -2.26. The van der Waals surface area contributed by atoms with E-state index in [9.17, 15) is 4.79 Å². The number of fused-ring (bicyclic) bond motifs is 1. The Balaban J connectivity index is 2.01. The largest absolute Gasteiger partial charge is 0.493 e. The minimum atomic E-state index is -0.166. The van der Waals surface area contributed by atoms with E-state index in [4.69, 9.17) is 15.7 Å². The maximum atomic E-state index is 11.2. The first kappa shape index (κ1) is 13.2. The van der Waals surface area contributed by atoms with Gasteiger partial charge < -0.3 is 21.0 Å². The Bertz CT molecular complexity index is 514. The van der Waals surface area contributed by atoms with E-state index in [1.807, 2.05) is 19.1 Å². The van der Waals surface area contributed by atoms with E-state index in [0.29, 0.717) is 25.2 Å². The van der Waals surface area contributed by atoms with Crippen LogP contribution in [-0.4, -0.2) is 23.6 Å². The number of carbonyl (C=O) groups excluding carboxylic acids is 1. The second-order valence-electron chi connectivity index (χ2n) is 4.60. The van der Waals surface area contributed by atoms with Crippen LogP contribution in [0.2, 0.25) is 0 Å². The second kappa shape index (κ2) is 5.60. The van der Waals surface area contributed by atoms with Crippen molar-refractivity contribution in [3.63, 3.8) is 0 Å². The highest BCUT2D eigenvalue weighted by atomic mass is 16.5. The number of ether oxygens (including phenoxy) is 1. The number of rotatable bonds is 4. The molecule has 1 heterocycles. The Kier molecular flexibility index (Phi) is 3.89. The Morgan fingerprint density at radius 2 is 2.37 bits per heavy atom. The van der Waals surface area contributed by atoms with Crippen molar-refractivity contribution in [3.05, 3.63) is 23.8 Å². The summed E-state index contributed by atoms with van der Waals surface area (Å²) in [5, 5.41) is 14.3. The molecule has 1 unspecified atom stereocenters. The standard InChI is InChI=1S/C13H17N3O3/c1-8(13(14)16-18)7-19-10-3-4-11-9(6-10)2-5-12(17)15-11/h3-4,6,8,18H,2,5,7H2,1H3,(H2,14,16)(H,15,17). The van der Waals surface area contributed by atoms with Crippen LogP contribution < -0.4 is 15.8 Å². The zero-order valence-electron chi connectivity index (χ0n) is 10.7. The first-order chi connectivity index (χ1) is 9.10. The predicted molar refractivity (Wildman–Crippen MR) is 71.5 cm³/mol. The average molecular weight is 263 g/mol. The van der Waals surface area contributed by atoms with Crippen molar-refractivity contribution in [2.24, 2.45) is 16.8 Å². The number of anilines is 1. The van der Waals surface area contributed by atoms with E-state index >= 15 is 0 Å². The first-order valence-corrected chi connectivity index (χ1v) is 6.13. The molecule has 19 heavy (non-hydrogen) atoms. The number of amidine groups is 1. The molecule has 1 aliphatic rings. The van der Waals surface area contributed by atoms with Gasteiger partial charge in [0.1, 0.15) is 11.6 Å². The molecule has 1 atom stereocenters. The van der Waals surface area contributed by atoms with Gasteiger partial charge in [-0.15, -0.1) is 0 Å². The smallest absolute Gasteiger partial charge is 0.224 e. The molecule has 2 rings (SSSR count). The Morgan fingerprint density at radius 1 is 1.58 bits per heavy atom. The molecule has 0 fully saturated rings. The molecule has 1 aliphatic heterocycles. The van der Waals surface area contributed by atoms with Crippen molar-refractivity contribution >= 4 is 17.4 Å². The maximum Gasteiger partial charge on any atom is 0.224 e. The van der Waals surface area contributed by atoms with Gasteiger partial charge in [-0.25, -0.2) is 0 Å². The number of nitrogens with one attached hydrogen (secondary N) is 1. The van der Waals surface area contributed by atoms with Crippen LogP contribution in [0, 0.1) is 5.92 Å². The monoisotopic (exact) mass is 263 g/mol. The van der Waals surface area contributed by atoms with Crippen LogP contribution in [0.5, 0.6) is 5.75 Å². The Hall–Kier alpha value is -2.24. The van der Waals surface area contributed by atoms with Crippen LogP contribution in [-0.2, 0) is 11.2 Å². The number of hydrogen-bond donors (Lipinski definition) is 3. The molecule has 1 amide bonds. The highest BCUT2D eigenvalue weighted by Crippen LogP contribution is 2.26. The summed E-state index contributed by atoms with van der Waals surface area (Å²) in [5.41, 5.74) is 7.38. The van der Waals surface area contributed by atoms with Crippen molar-refractivity contribution in [1.29, 1.82) is 0 Å². The highest BCUT2D eigenvalue weighted by molar-refractivity contribution is 5.94. The van der Waals surface area contributed by atoms with E-state index in [1.54, 1.807) is 6.07 Å². The van der Waals surface area contributed by atoms with Gasteiger partial charge in [-0.1, -0.05) is 12.1 Å². The van der Waals surface area contributed by atoms with Gasteiger partial charge in [0.25, 0.3) is 0 Å². The van der Waals surface area contributed by atoms with E-state index < -0.39 is 0 Å². The molecule has 0 aliphatic carbocycles. The highest BCUT2D eigenvalue weighted by Gasteiger charge is 2.15. The van der Waals surface area contributed by atoms with Crippen LogP contribution in [0.1, 0.15) is 18.9 Å². The summed E-state index contributed by atoms with van der Waals surface area (Å²) in [6.07, 6.45) is 1.21. The molecule has 0 spiro atoms. The first-order valence-electron chi connectivity index (χ1n) is 6.13. The van der Waals surface area contributed by atoms with Gasteiger partial charge in [0.2, 0.25) is 5.91 Å². The molecule has 4 N–H and O–H groups in total. The van der Waals surface area contributed by atoms with Gasteiger partial charge >= 0.3 is 0 Å². The predicted octanol–water partition coefficient (Wildman–Crippen LogP) is 1.33. The molecular formula is C13H17N3O3. The summed E-state index contributed by atoms with van der Waals surface area (Å²) in [5.74, 6) is 0.736. The molecule has 1 aromatic rings. The molecule has 102 valence electrons. The SMILES string of the molecule is CC(COc1ccc2c(c1)CCC(=O)N2)/C(N)=N/O. The van der Waals surface area contributed by atoms with E-state index in [-0.39, 0.29) is 17.7 Å². The third-order valence-corrected chi connectivity index (χ3v) is 3.09. The van der Waals surface area contributed by atoms with Crippen molar-refractivity contribution in [2.75, 3.05) is 11.9 Å². The second-order valence-corrected chi connectivity index (χ2v) is 4.60. The van der Waals surface area contributed by atoms with E-state index in [0.717, 1.165) is 11.3 Å². The van der Waals surface area contributed by atoms with Crippen LogP contribution in [0.4, 0.5) is 5.69 Å². The number of nitrogens with zero attached hydrogens (tertiary/aromatic N) is 1. The molecule has 0 bridgehead atoms. The molecule has 6 heteroatoms. The number of carbonyl (C=O) groups is 1. The summed E-state index contributed by atoms with van der Waals surface area (Å²) in [6.45, 7) is 2.15. The number of nitrogens with two attached hydrogens (primary N) is 1. The lowest BCUT2D eigenvalue weighted by molar-refractivity contribution is -0.116. The van der Waals surface area contributed by atoms with Crippen molar-refractivity contribution in [1.82, 2.24) is 0 Å². The van der Waals surface area contributed by atoms with Crippen molar-refractivity contribution < 1.29 is 14.7 Å². The third-order valence-electron chi connectivity index (χ3n) is 3.09. The zero-order chi connectivity index (χ0) is 13.8. The van der Waals surface area contributed by atoms with Crippen LogP contribution in [0.15, 0.2) is 23.4 Å². The topological polar surface area (TPSA) is 96.9 Å². The summed E-state index contributed by atoms with van der Waals surface area (Å²) in [4.78, 5) is 11.2. The lowest BCUT2D eigenvalue weighted by Gasteiger charge is -2.18. The summed E-state index contributed by atoms with van der Waals surface area (Å²) in [6, 6.07) is 5.53. The minimum absolute atomic E-state index is 0.0433. The number of amides is 1. The van der Waals surface area contributed by atoms with Crippen molar-refractivity contribution in [2.45, 2.75) is 19.8 Å². The van der Waals surface area contributed by atoms with Gasteiger partial charge in [0, 0.05) is 12.1 Å². The molecule has 6 nitrogen and oxygen atoms in total. The number of aryl methyl sites for hydroxylation is 1. The summed E-state index contributed by atoms with van der Waals surface area (Å²) in [7, 11) is 0. The number of oxime groups is 1. The lowest BCUT2D eigenvalue weighted by atomic mass is 10.0. The fourth-order valence-corrected chi connectivity index (χ4v) is 1.85. The number of benzene rings is 1. The quantitative estimate of drug-likeness (QED) is 0.330. The van der Waals surface area contributed by atoms with Gasteiger partial charge in [-0.2, -0.15) is 0 Å². The molecule has 1 aromatic carbocycles. The molecule has 0 saturated carbocycles. The number of hydrogen-bond acceptors (Lipinski definition) is 4. The summed E-state index contributed by atoms with van der Waals surface area (Å²) >= 11 is 0. The fraction of sp³-hybridized carbons (Fsp3) is 0.385. The Morgan fingerprint density at radius 3 is 3.11 bits per heavy atom. The molecule has 0 aromatic heterocycles. The zero-order valence-corrected chi connectivity index (χ0v) is 10.7. The van der Waals surface area contributed by atoms with Gasteiger partial charge in [-0.05, 0) is 30.2 Å². The van der Waals surface area contributed by atoms with Crippen molar-refractivity contribution in [3.8, 4) is 5.75 Å².